The second kappa shape index (κ2) is 6.68. The van der Waals surface area contributed by atoms with Gasteiger partial charge in [0, 0.05) is 6.54 Å². The molecule has 1 N–H and O–H groups in total. The van der Waals surface area contributed by atoms with Gasteiger partial charge in [0.25, 0.3) is 5.91 Å². The van der Waals surface area contributed by atoms with Gasteiger partial charge < -0.3 is 5.32 Å². The molecular formula is C18H15F3N2O2. The smallest absolute Gasteiger partial charge is 0.301 e. The van der Waals surface area contributed by atoms with E-state index in [4.69, 9.17) is 0 Å². The largest absolute Gasteiger partial charge is 0.416 e. The van der Waals surface area contributed by atoms with E-state index in [1.807, 2.05) is 0 Å². The number of nitrogens with one attached hydrogen (secondary N) is 1. The average Bonchev–Trinajstić information content (AvgIpc) is 2.87. The van der Waals surface area contributed by atoms with Crippen LogP contribution >= 0.6 is 0 Å². The first-order valence-corrected chi connectivity index (χ1v) is 7.67. The van der Waals surface area contributed by atoms with Crippen molar-refractivity contribution in [2.45, 2.75) is 25.2 Å². The zero-order valence-electron chi connectivity index (χ0n) is 13.1. The van der Waals surface area contributed by atoms with Gasteiger partial charge in [0.2, 0.25) is 5.91 Å². The summed E-state index contributed by atoms with van der Waals surface area (Å²) in [5.41, 5.74) is 0.139. The molecule has 1 heterocycles. The van der Waals surface area contributed by atoms with Crippen molar-refractivity contribution in [3.05, 3.63) is 65.7 Å². The van der Waals surface area contributed by atoms with Gasteiger partial charge in [-0.1, -0.05) is 36.4 Å². The van der Waals surface area contributed by atoms with Crippen molar-refractivity contribution in [2.75, 3.05) is 4.90 Å². The monoisotopic (exact) mass is 348 g/mol. The van der Waals surface area contributed by atoms with Crippen LogP contribution in [0.3, 0.4) is 0 Å². The van der Waals surface area contributed by atoms with Crippen LogP contribution in [0.15, 0.2) is 54.6 Å². The van der Waals surface area contributed by atoms with Crippen LogP contribution in [-0.2, 0) is 22.3 Å². The molecule has 2 aromatic rings. The molecular weight excluding hydrogens is 333 g/mol. The van der Waals surface area contributed by atoms with Crippen LogP contribution in [0.5, 0.6) is 0 Å². The Hall–Kier alpha value is -2.67. The third-order valence-corrected chi connectivity index (χ3v) is 3.97. The van der Waals surface area contributed by atoms with Crippen LogP contribution in [-0.4, -0.2) is 17.9 Å². The zero-order valence-corrected chi connectivity index (χ0v) is 13.1. The number of hydrogen-bond donors (Lipinski definition) is 1. The Balaban J connectivity index is 1.69. The topological polar surface area (TPSA) is 49.4 Å². The number of imide groups is 1. The molecule has 130 valence electrons. The molecule has 3 rings (SSSR count). The molecule has 2 aromatic carbocycles. The molecule has 0 aliphatic carbocycles. The SMILES string of the molecule is O=C1C[C@@H](NCc2cccc(C(F)(F)F)c2)C(=O)N1c1ccccc1. The summed E-state index contributed by atoms with van der Waals surface area (Å²) in [7, 11) is 0. The number of hydrogen-bond acceptors (Lipinski definition) is 3. The molecule has 7 heteroatoms. The predicted octanol–water partition coefficient (Wildman–Crippen LogP) is 3.13. The summed E-state index contributed by atoms with van der Waals surface area (Å²) in [6, 6.07) is 12.7. The predicted molar refractivity (Wildman–Crippen MR) is 85.6 cm³/mol. The van der Waals surface area contributed by atoms with E-state index in [2.05, 4.69) is 5.32 Å². The van der Waals surface area contributed by atoms with Crippen molar-refractivity contribution in [1.29, 1.82) is 0 Å². The molecule has 1 aliphatic heterocycles. The minimum Gasteiger partial charge on any atom is -0.301 e. The fourth-order valence-corrected chi connectivity index (χ4v) is 2.74. The van der Waals surface area contributed by atoms with Crippen molar-refractivity contribution in [1.82, 2.24) is 5.32 Å². The third-order valence-electron chi connectivity index (χ3n) is 3.97. The molecule has 0 unspecified atom stereocenters. The van der Waals surface area contributed by atoms with Crippen LogP contribution in [0.1, 0.15) is 17.5 Å². The van der Waals surface area contributed by atoms with E-state index in [0.717, 1.165) is 17.0 Å². The Kier molecular flexibility index (Phi) is 4.59. The normalized spacial score (nSPS) is 18.0. The number of carbonyl (C=O) groups excluding carboxylic acids is 2. The van der Waals surface area contributed by atoms with Crippen molar-refractivity contribution in [3.63, 3.8) is 0 Å². The highest BCUT2D eigenvalue weighted by Gasteiger charge is 2.39. The van der Waals surface area contributed by atoms with Gasteiger partial charge in [0.1, 0.15) is 0 Å². The van der Waals surface area contributed by atoms with Gasteiger partial charge in [-0.3, -0.25) is 9.59 Å². The lowest BCUT2D eigenvalue weighted by molar-refractivity contribution is -0.137. The number of rotatable bonds is 4. The van der Waals surface area contributed by atoms with Gasteiger partial charge in [-0.15, -0.1) is 0 Å². The number of carbonyl (C=O) groups is 2. The van der Waals surface area contributed by atoms with Crippen LogP contribution < -0.4 is 10.2 Å². The van der Waals surface area contributed by atoms with Gasteiger partial charge in [-0.05, 0) is 23.8 Å². The standard InChI is InChI=1S/C18H15F3N2O2/c19-18(20,21)13-6-4-5-12(9-13)11-22-15-10-16(24)23(17(15)25)14-7-2-1-3-8-14/h1-9,15,22H,10-11H2/t15-/m1/s1. The lowest BCUT2D eigenvalue weighted by Crippen LogP contribution is -2.38. The highest BCUT2D eigenvalue weighted by atomic mass is 19.4. The highest BCUT2D eigenvalue weighted by Crippen LogP contribution is 2.29. The fourth-order valence-electron chi connectivity index (χ4n) is 2.74. The summed E-state index contributed by atoms with van der Waals surface area (Å²) in [5, 5.41) is 2.88. The average molecular weight is 348 g/mol. The minimum atomic E-state index is -4.42. The summed E-state index contributed by atoms with van der Waals surface area (Å²) in [5.74, 6) is -0.735. The number of amides is 2. The first-order chi connectivity index (χ1) is 11.9. The molecule has 2 amide bonds. The van der Waals surface area contributed by atoms with E-state index < -0.39 is 23.7 Å². The van der Waals surface area contributed by atoms with Gasteiger partial charge >= 0.3 is 6.18 Å². The first-order valence-electron chi connectivity index (χ1n) is 7.67. The number of benzene rings is 2. The summed E-state index contributed by atoms with van der Waals surface area (Å²) in [6.07, 6.45) is -4.44. The van der Waals surface area contributed by atoms with Crippen LogP contribution in [0, 0.1) is 0 Å². The van der Waals surface area contributed by atoms with Crippen LogP contribution in [0.25, 0.3) is 0 Å². The number of para-hydroxylation sites is 1. The van der Waals surface area contributed by atoms with E-state index >= 15 is 0 Å². The lowest BCUT2D eigenvalue weighted by Gasteiger charge is -2.15. The summed E-state index contributed by atoms with van der Waals surface area (Å²) < 4.78 is 38.2. The Bertz CT molecular complexity index is 790. The minimum absolute atomic E-state index is 0.0211. The second-order valence-electron chi connectivity index (χ2n) is 5.74. The summed E-state index contributed by atoms with van der Waals surface area (Å²) in [6.45, 7) is 0.0657. The number of halogens is 3. The van der Waals surface area contributed by atoms with E-state index in [9.17, 15) is 22.8 Å². The Labute approximate surface area is 142 Å². The van der Waals surface area contributed by atoms with E-state index in [0.29, 0.717) is 11.3 Å². The van der Waals surface area contributed by atoms with Gasteiger partial charge in [-0.2, -0.15) is 13.2 Å². The Morgan fingerprint density at radius 1 is 1.04 bits per heavy atom. The zero-order chi connectivity index (χ0) is 18.0. The second-order valence-corrected chi connectivity index (χ2v) is 5.74. The molecule has 0 spiro atoms. The highest BCUT2D eigenvalue weighted by molar-refractivity contribution is 6.22. The lowest BCUT2D eigenvalue weighted by atomic mass is 10.1. The molecule has 1 saturated heterocycles. The fraction of sp³-hybridized carbons (Fsp3) is 0.222. The van der Waals surface area contributed by atoms with Crippen molar-refractivity contribution >= 4 is 17.5 Å². The Morgan fingerprint density at radius 2 is 1.76 bits per heavy atom. The maximum absolute atomic E-state index is 12.7. The molecule has 0 saturated carbocycles. The van der Waals surface area contributed by atoms with E-state index in [1.54, 1.807) is 36.4 Å². The molecule has 0 bridgehead atoms. The molecule has 1 atom stereocenters. The molecule has 0 radical (unpaired) electrons. The molecule has 0 aromatic heterocycles. The molecule has 1 aliphatic rings. The Morgan fingerprint density at radius 3 is 2.44 bits per heavy atom. The van der Waals surface area contributed by atoms with Crippen LogP contribution in [0.2, 0.25) is 0 Å². The molecule has 25 heavy (non-hydrogen) atoms. The number of anilines is 1. The number of nitrogens with zero attached hydrogens (tertiary/aromatic N) is 1. The number of alkyl halides is 3. The van der Waals surface area contributed by atoms with Crippen molar-refractivity contribution < 1.29 is 22.8 Å². The van der Waals surface area contributed by atoms with Crippen molar-refractivity contribution in [2.24, 2.45) is 0 Å². The molecule has 4 nitrogen and oxygen atoms in total. The van der Waals surface area contributed by atoms with Gasteiger partial charge in [0.15, 0.2) is 0 Å². The van der Waals surface area contributed by atoms with Crippen LogP contribution in [0.4, 0.5) is 18.9 Å². The van der Waals surface area contributed by atoms with E-state index in [1.165, 1.54) is 6.07 Å². The quantitative estimate of drug-likeness (QED) is 0.864. The van der Waals surface area contributed by atoms with Gasteiger partial charge in [0.05, 0.1) is 23.7 Å². The molecule has 1 fully saturated rings. The summed E-state index contributed by atoms with van der Waals surface area (Å²) >= 11 is 0. The first kappa shape index (κ1) is 17.2. The maximum atomic E-state index is 12.7. The maximum Gasteiger partial charge on any atom is 0.416 e. The summed E-state index contributed by atoms with van der Waals surface area (Å²) in [4.78, 5) is 25.6. The van der Waals surface area contributed by atoms with Crippen molar-refractivity contribution in [3.8, 4) is 0 Å². The van der Waals surface area contributed by atoms with Gasteiger partial charge in [-0.25, -0.2) is 4.90 Å². The third kappa shape index (κ3) is 3.71. The van der Waals surface area contributed by atoms with E-state index in [-0.39, 0.29) is 18.9 Å².